The van der Waals surface area contributed by atoms with Gasteiger partial charge in [0.2, 0.25) is 5.89 Å². The molecule has 0 radical (unpaired) electrons. The summed E-state index contributed by atoms with van der Waals surface area (Å²) in [6, 6.07) is 26.9. The molecular formula is C21H13NO. The third-order valence-corrected chi connectivity index (χ3v) is 4.27. The summed E-state index contributed by atoms with van der Waals surface area (Å²) in [4.78, 5) is 4.67. The fourth-order valence-electron chi connectivity index (χ4n) is 3.13. The van der Waals surface area contributed by atoms with E-state index in [0.717, 1.165) is 16.7 Å². The maximum absolute atomic E-state index is 5.96. The Balaban J connectivity index is 1.83. The van der Waals surface area contributed by atoms with Gasteiger partial charge in [0, 0.05) is 5.56 Å². The number of hydrogen-bond acceptors (Lipinski definition) is 2. The van der Waals surface area contributed by atoms with Crippen LogP contribution in [0.25, 0.3) is 44.1 Å². The van der Waals surface area contributed by atoms with Crippen molar-refractivity contribution in [2.75, 3.05) is 0 Å². The van der Waals surface area contributed by atoms with E-state index < -0.39 is 0 Å². The quantitative estimate of drug-likeness (QED) is 0.365. The number of nitrogens with zero attached hydrogens (tertiary/aromatic N) is 1. The lowest BCUT2D eigenvalue weighted by Crippen LogP contribution is -1.78. The van der Waals surface area contributed by atoms with Crippen LogP contribution in [-0.4, -0.2) is 4.98 Å². The molecule has 2 nitrogen and oxygen atoms in total. The lowest BCUT2D eigenvalue weighted by Gasteiger charge is -2.03. The molecule has 0 fully saturated rings. The van der Waals surface area contributed by atoms with Gasteiger partial charge in [0.25, 0.3) is 0 Å². The number of aromatic nitrogens is 1. The van der Waals surface area contributed by atoms with Crippen LogP contribution in [0.1, 0.15) is 0 Å². The van der Waals surface area contributed by atoms with Crippen LogP contribution >= 0.6 is 0 Å². The molecule has 5 rings (SSSR count). The third kappa shape index (κ3) is 1.92. The van der Waals surface area contributed by atoms with Crippen LogP contribution in [0.2, 0.25) is 0 Å². The summed E-state index contributed by atoms with van der Waals surface area (Å²) in [5.41, 5.74) is 2.72. The first kappa shape index (κ1) is 12.4. The minimum atomic E-state index is 0.667. The van der Waals surface area contributed by atoms with Crippen LogP contribution in [0.15, 0.2) is 83.3 Å². The normalized spacial score (nSPS) is 11.5. The van der Waals surface area contributed by atoms with Crippen molar-refractivity contribution in [2.45, 2.75) is 0 Å². The first-order valence-electron chi connectivity index (χ1n) is 7.66. The molecular weight excluding hydrogens is 282 g/mol. The van der Waals surface area contributed by atoms with Crippen molar-refractivity contribution in [3.63, 3.8) is 0 Å². The molecule has 1 aromatic heterocycles. The summed E-state index contributed by atoms with van der Waals surface area (Å²) in [5, 5.41) is 4.87. The Morgan fingerprint density at radius 3 is 2.35 bits per heavy atom. The average Bonchev–Trinajstić information content (AvgIpc) is 3.03. The average molecular weight is 295 g/mol. The molecule has 0 N–H and O–H groups in total. The minimum absolute atomic E-state index is 0.667. The SMILES string of the molecule is c1ccc(-c2nc3cc4c(ccc5ccccc54)cc3o2)cc1. The van der Waals surface area contributed by atoms with Crippen molar-refractivity contribution >= 4 is 32.6 Å². The summed E-state index contributed by atoms with van der Waals surface area (Å²) < 4.78 is 5.96. The summed E-state index contributed by atoms with van der Waals surface area (Å²) in [7, 11) is 0. The standard InChI is InChI=1S/C21H13NO/c1-2-7-15(8-3-1)21-22-19-13-18-16(12-20(19)23-21)11-10-14-6-4-5-9-17(14)18/h1-13H. The van der Waals surface area contributed by atoms with E-state index in [2.05, 4.69) is 53.5 Å². The van der Waals surface area contributed by atoms with E-state index in [1.165, 1.54) is 21.5 Å². The molecule has 0 aliphatic heterocycles. The molecule has 0 bridgehead atoms. The van der Waals surface area contributed by atoms with Crippen LogP contribution in [0.5, 0.6) is 0 Å². The summed E-state index contributed by atoms with van der Waals surface area (Å²) in [6.07, 6.45) is 0. The van der Waals surface area contributed by atoms with Gasteiger partial charge >= 0.3 is 0 Å². The second kappa shape index (κ2) is 4.68. The van der Waals surface area contributed by atoms with E-state index in [1.54, 1.807) is 0 Å². The summed E-state index contributed by atoms with van der Waals surface area (Å²) >= 11 is 0. The van der Waals surface area contributed by atoms with E-state index in [9.17, 15) is 0 Å². The van der Waals surface area contributed by atoms with Gasteiger partial charge in [-0.1, -0.05) is 54.6 Å². The van der Waals surface area contributed by atoms with Crippen LogP contribution in [0, 0.1) is 0 Å². The van der Waals surface area contributed by atoms with Gasteiger partial charge in [-0.2, -0.15) is 0 Å². The van der Waals surface area contributed by atoms with Crippen molar-refractivity contribution in [3.8, 4) is 11.5 Å². The van der Waals surface area contributed by atoms with Crippen LogP contribution in [0.3, 0.4) is 0 Å². The van der Waals surface area contributed by atoms with E-state index >= 15 is 0 Å². The zero-order valence-electron chi connectivity index (χ0n) is 12.4. The Morgan fingerprint density at radius 1 is 0.652 bits per heavy atom. The number of rotatable bonds is 1. The monoisotopic (exact) mass is 295 g/mol. The molecule has 4 aromatic carbocycles. The molecule has 0 aliphatic rings. The van der Waals surface area contributed by atoms with Gasteiger partial charge < -0.3 is 4.42 Å². The first-order chi connectivity index (χ1) is 11.4. The molecule has 5 aromatic rings. The fourth-order valence-corrected chi connectivity index (χ4v) is 3.13. The molecule has 0 spiro atoms. The Morgan fingerprint density at radius 2 is 1.43 bits per heavy atom. The number of oxazole rings is 1. The molecule has 0 saturated heterocycles. The van der Waals surface area contributed by atoms with Gasteiger partial charge in [-0.05, 0) is 45.8 Å². The minimum Gasteiger partial charge on any atom is -0.436 e. The topological polar surface area (TPSA) is 26.0 Å². The second-order valence-electron chi connectivity index (χ2n) is 5.71. The largest absolute Gasteiger partial charge is 0.436 e. The molecule has 1 heterocycles. The highest BCUT2D eigenvalue weighted by Crippen LogP contribution is 2.31. The number of hydrogen-bond donors (Lipinski definition) is 0. The van der Waals surface area contributed by atoms with Crippen molar-refractivity contribution < 1.29 is 4.42 Å². The molecule has 2 heteroatoms. The summed E-state index contributed by atoms with van der Waals surface area (Å²) in [6.45, 7) is 0. The molecule has 0 unspecified atom stereocenters. The molecule has 0 saturated carbocycles. The molecule has 0 amide bonds. The molecule has 0 aliphatic carbocycles. The van der Waals surface area contributed by atoms with Gasteiger partial charge in [-0.15, -0.1) is 0 Å². The van der Waals surface area contributed by atoms with Gasteiger partial charge in [0.1, 0.15) is 5.52 Å². The fraction of sp³-hybridized carbons (Fsp3) is 0. The van der Waals surface area contributed by atoms with Gasteiger partial charge in [0.15, 0.2) is 5.58 Å². The van der Waals surface area contributed by atoms with Crippen molar-refractivity contribution in [3.05, 3.63) is 78.9 Å². The van der Waals surface area contributed by atoms with E-state index in [1.807, 2.05) is 30.3 Å². The lowest BCUT2D eigenvalue weighted by molar-refractivity contribution is 0.620. The lowest BCUT2D eigenvalue weighted by atomic mass is 10.0. The highest BCUT2D eigenvalue weighted by Gasteiger charge is 2.10. The van der Waals surface area contributed by atoms with Crippen molar-refractivity contribution in [1.82, 2.24) is 4.98 Å². The Bertz CT molecular complexity index is 1160. The summed E-state index contributed by atoms with van der Waals surface area (Å²) in [5.74, 6) is 0.667. The molecule has 23 heavy (non-hydrogen) atoms. The predicted octanol–water partition coefficient (Wildman–Crippen LogP) is 5.80. The maximum Gasteiger partial charge on any atom is 0.227 e. The van der Waals surface area contributed by atoms with Crippen molar-refractivity contribution in [1.29, 1.82) is 0 Å². The van der Waals surface area contributed by atoms with Gasteiger partial charge in [-0.25, -0.2) is 4.98 Å². The van der Waals surface area contributed by atoms with Gasteiger partial charge in [-0.3, -0.25) is 0 Å². The van der Waals surface area contributed by atoms with Crippen LogP contribution < -0.4 is 0 Å². The highest BCUT2D eigenvalue weighted by molar-refractivity contribution is 6.11. The van der Waals surface area contributed by atoms with Crippen LogP contribution in [-0.2, 0) is 0 Å². The van der Waals surface area contributed by atoms with E-state index in [4.69, 9.17) is 4.42 Å². The van der Waals surface area contributed by atoms with E-state index in [-0.39, 0.29) is 0 Å². The maximum atomic E-state index is 5.96. The van der Waals surface area contributed by atoms with Crippen molar-refractivity contribution in [2.24, 2.45) is 0 Å². The zero-order chi connectivity index (χ0) is 15.2. The highest BCUT2D eigenvalue weighted by atomic mass is 16.3. The Labute approximate surface area is 133 Å². The smallest absolute Gasteiger partial charge is 0.227 e. The Kier molecular flexibility index (Phi) is 2.53. The molecule has 0 atom stereocenters. The van der Waals surface area contributed by atoms with Gasteiger partial charge in [0.05, 0.1) is 0 Å². The van der Waals surface area contributed by atoms with Crippen LogP contribution in [0.4, 0.5) is 0 Å². The first-order valence-corrected chi connectivity index (χ1v) is 7.66. The number of fused-ring (bicyclic) bond motifs is 4. The predicted molar refractivity (Wildman–Crippen MR) is 94.5 cm³/mol. The number of benzene rings is 4. The molecule has 108 valence electrons. The zero-order valence-corrected chi connectivity index (χ0v) is 12.4. The van der Waals surface area contributed by atoms with E-state index in [0.29, 0.717) is 5.89 Å². The third-order valence-electron chi connectivity index (χ3n) is 4.27. The second-order valence-corrected chi connectivity index (χ2v) is 5.71. The Hall–Kier alpha value is -3.13.